The van der Waals surface area contributed by atoms with Crippen molar-refractivity contribution in [3.63, 3.8) is 0 Å². The van der Waals surface area contributed by atoms with Gasteiger partial charge >= 0.3 is 0 Å². The number of aromatic nitrogens is 6. The van der Waals surface area contributed by atoms with Gasteiger partial charge in [-0.05, 0) is 243 Å². The van der Waals surface area contributed by atoms with Crippen LogP contribution in [0.25, 0.3) is 17.1 Å². The molecule has 6 fully saturated rings. The molecule has 9 atom stereocenters. The summed E-state index contributed by atoms with van der Waals surface area (Å²) in [6.45, 7) is 14.3. The second-order valence-corrected chi connectivity index (χ2v) is 29.4. The van der Waals surface area contributed by atoms with Crippen molar-refractivity contribution in [3.8, 4) is 34.3 Å². The van der Waals surface area contributed by atoms with Crippen molar-refractivity contribution in [3.05, 3.63) is 233 Å². The van der Waals surface area contributed by atoms with Crippen LogP contribution in [-0.2, 0) is 14.4 Å². The largest absolute Gasteiger partial charge is 0.495 e. The summed E-state index contributed by atoms with van der Waals surface area (Å²) in [4.78, 5) is 61.3. The molecule has 3 aromatic heterocycles. The van der Waals surface area contributed by atoms with Gasteiger partial charge in [-0.3, -0.25) is 14.4 Å². The average molecular weight is 1430 g/mol. The van der Waals surface area contributed by atoms with Crippen LogP contribution in [0.2, 0.25) is 0 Å². The summed E-state index contributed by atoms with van der Waals surface area (Å²) in [5.74, 6) is 2.82. The smallest absolute Gasteiger partial charge is 0.229 e. The lowest BCUT2D eigenvalue weighted by Gasteiger charge is -2.45. The number of hydrogen-bond acceptors (Lipinski definition) is 9. The van der Waals surface area contributed by atoms with Crippen LogP contribution in [0.15, 0.2) is 165 Å². The summed E-state index contributed by atoms with van der Waals surface area (Å²) in [7, 11) is 5.07. The standard InChI is InChI=1S/3C28H32FN3O2.3CH4/c3*1-19-17-31(18-30-19)25-12-9-22(16-26(25)34-3)24-6-4-13-28(24)14-5-15-32(27(28)33)20(2)21-7-10-23(29)11-8-21;;;/h3*7-12,16-18,20,24H,4-6,13-15H2,1-3H3;3*1H4. The Kier molecular flexibility index (Phi) is 24.5. The lowest BCUT2D eigenvalue weighted by atomic mass is 9.68. The van der Waals surface area contributed by atoms with Crippen LogP contribution in [0.5, 0.6) is 17.2 Å². The van der Waals surface area contributed by atoms with Gasteiger partial charge in [0.1, 0.15) is 34.7 Å². The van der Waals surface area contributed by atoms with Gasteiger partial charge in [-0.1, -0.05) is 96.1 Å². The van der Waals surface area contributed by atoms with E-state index in [4.69, 9.17) is 14.2 Å². The van der Waals surface area contributed by atoms with E-state index in [0.29, 0.717) is 0 Å². The molecule has 9 aromatic rings. The number of benzene rings is 6. The number of amides is 3. The number of hydrogen-bond donors (Lipinski definition) is 0. The van der Waals surface area contributed by atoms with E-state index < -0.39 is 0 Å². The van der Waals surface area contributed by atoms with Gasteiger partial charge in [-0.2, -0.15) is 0 Å². The van der Waals surface area contributed by atoms with Crippen molar-refractivity contribution in [2.75, 3.05) is 41.0 Å². The zero-order valence-corrected chi connectivity index (χ0v) is 60.4. The van der Waals surface area contributed by atoms with E-state index in [-0.39, 0.29) is 110 Å². The molecule has 3 aliphatic carbocycles. The van der Waals surface area contributed by atoms with Gasteiger partial charge in [0.25, 0.3) is 0 Å². The van der Waals surface area contributed by atoms with Gasteiger partial charge in [0.05, 0.1) is 109 Å². The number of halogens is 3. The summed E-state index contributed by atoms with van der Waals surface area (Å²) in [5.41, 5.74) is 11.0. The highest BCUT2D eigenvalue weighted by Crippen LogP contribution is 2.59. The van der Waals surface area contributed by atoms with Crippen molar-refractivity contribution in [2.45, 2.75) is 196 Å². The van der Waals surface area contributed by atoms with Crippen LogP contribution in [0.1, 0.15) is 226 Å². The summed E-state index contributed by atoms with van der Waals surface area (Å²) < 4.78 is 63.6. The molecule has 6 heterocycles. The van der Waals surface area contributed by atoms with E-state index in [9.17, 15) is 27.6 Å². The van der Waals surface area contributed by atoms with E-state index in [1.807, 2.05) is 67.8 Å². The highest BCUT2D eigenvalue weighted by molar-refractivity contribution is 5.87. The second kappa shape index (κ2) is 32.9. The molecule has 3 saturated heterocycles. The van der Waals surface area contributed by atoms with Crippen LogP contribution < -0.4 is 14.2 Å². The maximum Gasteiger partial charge on any atom is 0.229 e. The van der Waals surface area contributed by atoms with E-state index in [2.05, 4.69) is 90.3 Å². The van der Waals surface area contributed by atoms with E-state index >= 15 is 0 Å². The number of ether oxygens (including phenoxy) is 3. The van der Waals surface area contributed by atoms with Crippen LogP contribution in [0.3, 0.4) is 0 Å². The Morgan fingerprint density at radius 1 is 0.381 bits per heavy atom. The Morgan fingerprint density at radius 2 is 0.629 bits per heavy atom. The van der Waals surface area contributed by atoms with Crippen molar-refractivity contribution in [1.29, 1.82) is 0 Å². The molecule has 6 aliphatic rings. The predicted molar refractivity (Wildman–Crippen MR) is 409 cm³/mol. The second-order valence-electron chi connectivity index (χ2n) is 29.4. The van der Waals surface area contributed by atoms with E-state index in [1.54, 1.807) is 76.7 Å². The van der Waals surface area contributed by atoms with Crippen molar-refractivity contribution in [1.82, 2.24) is 43.4 Å². The summed E-state index contributed by atoms with van der Waals surface area (Å²) >= 11 is 0. The van der Waals surface area contributed by atoms with E-state index in [1.165, 1.54) is 53.1 Å². The number of carbonyl (C=O) groups excluding carboxylic acids is 3. The molecule has 15 rings (SSSR count). The Bertz CT molecular complexity index is 4010. The first kappa shape index (κ1) is 78.1. The minimum absolute atomic E-state index is 0. The van der Waals surface area contributed by atoms with E-state index in [0.717, 1.165) is 184 Å². The Balaban J connectivity index is 0.000000166. The first-order chi connectivity index (χ1) is 49.3. The van der Waals surface area contributed by atoms with Crippen LogP contribution in [0, 0.1) is 54.5 Å². The summed E-state index contributed by atoms with van der Waals surface area (Å²) in [6.07, 6.45) is 25.9. The zero-order valence-electron chi connectivity index (χ0n) is 60.4. The molecule has 3 aliphatic heterocycles. The lowest BCUT2D eigenvalue weighted by molar-refractivity contribution is -0.150. The van der Waals surface area contributed by atoms with Gasteiger partial charge in [-0.15, -0.1) is 0 Å². The van der Waals surface area contributed by atoms with Crippen molar-refractivity contribution < 1.29 is 41.8 Å². The molecule has 9 unspecified atom stereocenters. The third kappa shape index (κ3) is 15.2. The molecule has 6 aromatic carbocycles. The highest BCUT2D eigenvalue weighted by atomic mass is 19.1. The molecule has 0 bridgehead atoms. The maximum absolute atomic E-state index is 14.1. The third-order valence-electron chi connectivity index (χ3n) is 23.7. The maximum atomic E-state index is 14.1. The Morgan fingerprint density at radius 3 is 0.857 bits per heavy atom. The van der Waals surface area contributed by atoms with Gasteiger partial charge in [0.15, 0.2) is 0 Å². The molecule has 105 heavy (non-hydrogen) atoms. The molecule has 0 radical (unpaired) electrons. The number of carbonyl (C=O) groups is 3. The van der Waals surface area contributed by atoms with Gasteiger partial charge in [-0.25, -0.2) is 28.1 Å². The molecule has 558 valence electrons. The highest BCUT2D eigenvalue weighted by Gasteiger charge is 2.56. The minimum Gasteiger partial charge on any atom is -0.495 e. The summed E-state index contributed by atoms with van der Waals surface area (Å²) in [6, 6.07) is 38.4. The van der Waals surface area contributed by atoms with Crippen LogP contribution >= 0.6 is 0 Å². The minimum atomic E-state index is -0.384. The van der Waals surface area contributed by atoms with Crippen LogP contribution in [0.4, 0.5) is 13.2 Å². The molecular weight excluding hydrogens is 1320 g/mol. The molecule has 3 saturated carbocycles. The third-order valence-corrected chi connectivity index (χ3v) is 23.7. The fourth-order valence-electron chi connectivity index (χ4n) is 18.4. The number of aryl methyl sites for hydroxylation is 3. The number of likely N-dealkylation sites (tertiary alicyclic amines) is 3. The number of piperidine rings is 3. The molecule has 0 N–H and O–H groups in total. The lowest BCUT2D eigenvalue weighted by Crippen LogP contribution is -2.50. The van der Waals surface area contributed by atoms with Crippen molar-refractivity contribution >= 4 is 17.7 Å². The zero-order chi connectivity index (χ0) is 71.6. The van der Waals surface area contributed by atoms with Gasteiger partial charge < -0.3 is 42.6 Å². The Hall–Kier alpha value is -9.45. The van der Waals surface area contributed by atoms with Gasteiger partial charge in [0.2, 0.25) is 17.7 Å². The number of nitrogens with zero attached hydrogens (tertiary/aromatic N) is 9. The first-order valence-electron chi connectivity index (χ1n) is 36.5. The molecule has 15 nitrogen and oxygen atoms in total. The molecule has 3 amide bonds. The normalized spacial score (nSPS) is 22.8. The first-order valence-corrected chi connectivity index (χ1v) is 36.5. The van der Waals surface area contributed by atoms with Gasteiger partial charge in [0, 0.05) is 38.2 Å². The Labute approximate surface area is 620 Å². The SMILES string of the molecule is C.C.C.COc1cc(C2CCCC23CCCN(C(C)c2ccc(F)cc2)C3=O)ccc1-n1cnc(C)c1.COc1cc(C2CCCC23CCCN(C(C)c2ccc(F)cc2)C3=O)ccc1-n1cnc(C)c1.COc1cc(C2CCCC23CCCN(C(C)c2ccc(F)cc2)C3=O)ccc1-n1cnc(C)c1. The number of imidazole rings is 3. The monoisotopic (exact) mass is 1430 g/mol. The quantitative estimate of drug-likeness (QED) is 0.0980. The molecular formula is C87H108F3N9O6. The molecule has 18 heteroatoms. The fraction of sp³-hybridized carbons (Fsp3) is 0.448. The molecule has 3 spiro atoms. The van der Waals surface area contributed by atoms with Crippen molar-refractivity contribution in [2.24, 2.45) is 16.2 Å². The van der Waals surface area contributed by atoms with Crippen LogP contribution in [-0.4, -0.2) is 102 Å². The fourth-order valence-corrected chi connectivity index (χ4v) is 18.4. The number of rotatable bonds is 15. The predicted octanol–water partition coefficient (Wildman–Crippen LogP) is 19.8. The summed E-state index contributed by atoms with van der Waals surface area (Å²) in [5, 5.41) is 0. The number of methoxy groups -OCH3 is 3. The topological polar surface area (TPSA) is 142 Å². The average Bonchev–Trinajstić information content (AvgIpc) is 1.68.